The van der Waals surface area contributed by atoms with Gasteiger partial charge in [-0.1, -0.05) is 6.07 Å². The summed E-state index contributed by atoms with van der Waals surface area (Å²) in [4.78, 5) is 5.93. The van der Waals surface area contributed by atoms with E-state index < -0.39 is 0 Å². The van der Waals surface area contributed by atoms with Gasteiger partial charge in [0.15, 0.2) is 11.8 Å². The zero-order valence-electron chi connectivity index (χ0n) is 13.5. The van der Waals surface area contributed by atoms with Gasteiger partial charge >= 0.3 is 0 Å². The molecule has 2 N–H and O–H groups in total. The van der Waals surface area contributed by atoms with Crippen molar-refractivity contribution in [3.8, 4) is 0 Å². The number of hydrogen-bond acceptors (Lipinski definition) is 5. The van der Waals surface area contributed by atoms with Gasteiger partial charge in [-0.05, 0) is 24.8 Å². The van der Waals surface area contributed by atoms with E-state index in [0.717, 1.165) is 43.8 Å². The molecular weight excluding hydrogens is 312 g/mol. The zero-order chi connectivity index (χ0) is 16.1. The van der Waals surface area contributed by atoms with Crippen LogP contribution in [0.5, 0.6) is 0 Å². The SMILES string of the molecule is Cc1nnc(CN=C(NCc2cccs2)NC2CCOC2)n1C. The van der Waals surface area contributed by atoms with Crippen LogP contribution in [0.25, 0.3) is 0 Å². The van der Waals surface area contributed by atoms with Crippen molar-refractivity contribution < 1.29 is 4.74 Å². The number of nitrogens with zero attached hydrogens (tertiary/aromatic N) is 4. The number of guanidine groups is 1. The third-order valence-corrected chi connectivity index (χ3v) is 4.72. The van der Waals surface area contributed by atoms with Crippen LogP contribution >= 0.6 is 11.3 Å². The molecule has 0 aliphatic carbocycles. The maximum absolute atomic E-state index is 5.42. The molecule has 0 bridgehead atoms. The molecular formula is C15H22N6OS. The van der Waals surface area contributed by atoms with E-state index in [1.807, 2.05) is 18.5 Å². The molecule has 3 heterocycles. The molecule has 0 amide bonds. The summed E-state index contributed by atoms with van der Waals surface area (Å²) >= 11 is 1.73. The van der Waals surface area contributed by atoms with Gasteiger partial charge in [0.05, 0.1) is 19.2 Å². The largest absolute Gasteiger partial charge is 0.379 e. The van der Waals surface area contributed by atoms with E-state index in [2.05, 4.69) is 43.3 Å². The number of rotatable bonds is 5. The molecule has 0 spiro atoms. The Morgan fingerprint density at radius 3 is 3.09 bits per heavy atom. The predicted molar refractivity (Wildman–Crippen MR) is 90.4 cm³/mol. The second-order valence-corrected chi connectivity index (χ2v) is 6.56. The summed E-state index contributed by atoms with van der Waals surface area (Å²) in [5, 5.41) is 17.1. The number of hydrogen-bond donors (Lipinski definition) is 2. The summed E-state index contributed by atoms with van der Waals surface area (Å²) in [6, 6.07) is 4.48. The third kappa shape index (κ3) is 4.29. The van der Waals surface area contributed by atoms with Gasteiger partial charge in [0.2, 0.25) is 0 Å². The minimum atomic E-state index is 0.311. The van der Waals surface area contributed by atoms with E-state index in [4.69, 9.17) is 4.74 Å². The van der Waals surface area contributed by atoms with Crippen molar-refractivity contribution in [2.45, 2.75) is 32.5 Å². The fraction of sp³-hybridized carbons (Fsp3) is 0.533. The lowest BCUT2D eigenvalue weighted by atomic mass is 10.3. The van der Waals surface area contributed by atoms with E-state index in [9.17, 15) is 0 Å². The molecule has 0 radical (unpaired) electrons. The topological polar surface area (TPSA) is 76.4 Å². The third-order valence-electron chi connectivity index (χ3n) is 3.84. The Kier molecular flexibility index (Phi) is 5.24. The number of aromatic nitrogens is 3. The number of nitrogens with one attached hydrogen (secondary N) is 2. The van der Waals surface area contributed by atoms with Crippen LogP contribution in [0.3, 0.4) is 0 Å². The highest BCUT2D eigenvalue weighted by molar-refractivity contribution is 7.09. The molecule has 1 unspecified atom stereocenters. The van der Waals surface area contributed by atoms with Crippen LogP contribution < -0.4 is 10.6 Å². The van der Waals surface area contributed by atoms with Crippen molar-refractivity contribution in [2.24, 2.45) is 12.0 Å². The number of ether oxygens (including phenoxy) is 1. The van der Waals surface area contributed by atoms with Crippen LogP contribution in [0.1, 0.15) is 22.9 Å². The molecule has 1 fully saturated rings. The smallest absolute Gasteiger partial charge is 0.192 e. The minimum absolute atomic E-state index is 0.311. The van der Waals surface area contributed by atoms with E-state index in [0.29, 0.717) is 12.6 Å². The molecule has 1 saturated heterocycles. The molecule has 3 rings (SSSR count). The Labute approximate surface area is 139 Å². The second kappa shape index (κ2) is 7.56. The van der Waals surface area contributed by atoms with E-state index in [1.54, 1.807) is 11.3 Å². The van der Waals surface area contributed by atoms with Gasteiger partial charge in [-0.2, -0.15) is 0 Å². The zero-order valence-corrected chi connectivity index (χ0v) is 14.3. The van der Waals surface area contributed by atoms with Crippen molar-refractivity contribution in [3.63, 3.8) is 0 Å². The van der Waals surface area contributed by atoms with E-state index in [-0.39, 0.29) is 0 Å². The standard InChI is InChI=1S/C15H22N6OS/c1-11-19-20-14(21(11)2)9-17-15(18-12-5-6-22-10-12)16-8-13-4-3-7-23-13/h3-4,7,12H,5-6,8-10H2,1-2H3,(H2,16,17,18). The minimum Gasteiger partial charge on any atom is -0.379 e. The maximum atomic E-state index is 5.42. The highest BCUT2D eigenvalue weighted by Crippen LogP contribution is 2.08. The normalized spacial score (nSPS) is 18.3. The Morgan fingerprint density at radius 2 is 2.43 bits per heavy atom. The lowest BCUT2D eigenvalue weighted by Gasteiger charge is -2.16. The van der Waals surface area contributed by atoms with Crippen LogP contribution in [-0.2, 0) is 24.9 Å². The van der Waals surface area contributed by atoms with Crippen LogP contribution in [-0.4, -0.2) is 40.0 Å². The van der Waals surface area contributed by atoms with Gasteiger partial charge in [0.1, 0.15) is 12.4 Å². The molecule has 23 heavy (non-hydrogen) atoms. The van der Waals surface area contributed by atoms with E-state index in [1.165, 1.54) is 4.88 Å². The summed E-state index contributed by atoms with van der Waals surface area (Å²) in [6.07, 6.45) is 1.00. The first-order chi connectivity index (χ1) is 11.2. The van der Waals surface area contributed by atoms with Crippen molar-refractivity contribution >= 4 is 17.3 Å². The van der Waals surface area contributed by atoms with Crippen molar-refractivity contribution in [1.82, 2.24) is 25.4 Å². The first kappa shape index (κ1) is 15.9. The molecule has 7 nitrogen and oxygen atoms in total. The quantitative estimate of drug-likeness (QED) is 0.635. The van der Waals surface area contributed by atoms with Crippen LogP contribution in [0.2, 0.25) is 0 Å². The summed E-state index contributed by atoms with van der Waals surface area (Å²) in [5.41, 5.74) is 0. The molecule has 1 aliphatic rings. The van der Waals surface area contributed by atoms with Gasteiger partial charge < -0.3 is 19.9 Å². The monoisotopic (exact) mass is 334 g/mol. The van der Waals surface area contributed by atoms with Crippen LogP contribution in [0.15, 0.2) is 22.5 Å². The molecule has 1 atom stereocenters. The lowest BCUT2D eigenvalue weighted by Crippen LogP contribution is -2.43. The summed E-state index contributed by atoms with van der Waals surface area (Å²) in [6.45, 7) is 4.71. The summed E-state index contributed by atoms with van der Waals surface area (Å²) in [5.74, 6) is 2.53. The van der Waals surface area contributed by atoms with E-state index >= 15 is 0 Å². The highest BCUT2D eigenvalue weighted by atomic mass is 32.1. The maximum Gasteiger partial charge on any atom is 0.192 e. The average molecular weight is 334 g/mol. The molecule has 2 aromatic heterocycles. The van der Waals surface area contributed by atoms with Gasteiger partial charge in [-0.25, -0.2) is 4.99 Å². The molecule has 0 aromatic carbocycles. The van der Waals surface area contributed by atoms with Gasteiger partial charge in [-0.3, -0.25) is 0 Å². The molecule has 8 heteroatoms. The van der Waals surface area contributed by atoms with Gasteiger partial charge in [-0.15, -0.1) is 21.5 Å². The van der Waals surface area contributed by atoms with Gasteiger partial charge in [0, 0.05) is 18.5 Å². The second-order valence-electron chi connectivity index (χ2n) is 5.53. The average Bonchev–Trinajstić information content (AvgIpc) is 3.28. The van der Waals surface area contributed by atoms with Crippen molar-refractivity contribution in [2.75, 3.05) is 13.2 Å². The first-order valence-corrected chi connectivity index (χ1v) is 8.60. The Bertz CT molecular complexity index is 645. The first-order valence-electron chi connectivity index (χ1n) is 7.72. The summed E-state index contributed by atoms with van der Waals surface area (Å²) in [7, 11) is 1.96. The fourth-order valence-electron chi connectivity index (χ4n) is 2.32. The Hall–Kier alpha value is -1.93. The highest BCUT2D eigenvalue weighted by Gasteiger charge is 2.17. The lowest BCUT2D eigenvalue weighted by molar-refractivity contribution is 0.192. The Balaban J connectivity index is 1.65. The summed E-state index contributed by atoms with van der Waals surface area (Å²) < 4.78 is 7.38. The molecule has 2 aromatic rings. The molecule has 1 aliphatic heterocycles. The fourth-order valence-corrected chi connectivity index (χ4v) is 2.96. The van der Waals surface area contributed by atoms with Crippen LogP contribution in [0, 0.1) is 6.92 Å². The molecule has 0 saturated carbocycles. The molecule has 124 valence electrons. The van der Waals surface area contributed by atoms with Crippen LogP contribution in [0.4, 0.5) is 0 Å². The number of aliphatic imine (C=N–C) groups is 1. The number of thiophene rings is 1. The van der Waals surface area contributed by atoms with Crippen molar-refractivity contribution in [3.05, 3.63) is 34.0 Å². The van der Waals surface area contributed by atoms with Crippen molar-refractivity contribution in [1.29, 1.82) is 0 Å². The Morgan fingerprint density at radius 1 is 1.52 bits per heavy atom. The number of aryl methyl sites for hydroxylation is 1. The van der Waals surface area contributed by atoms with Gasteiger partial charge in [0.25, 0.3) is 0 Å². The predicted octanol–water partition coefficient (Wildman–Crippen LogP) is 1.21.